The number of furan rings is 1. The van der Waals surface area contributed by atoms with Crippen molar-refractivity contribution in [3.05, 3.63) is 83.6 Å². The number of amides is 2. The zero-order valence-corrected chi connectivity index (χ0v) is 15.9. The average molecular weight is 392 g/mol. The van der Waals surface area contributed by atoms with E-state index in [9.17, 15) is 14.0 Å². The smallest absolute Gasteiger partial charge is 0.293 e. The number of halogens is 1. The van der Waals surface area contributed by atoms with Gasteiger partial charge in [-0.05, 0) is 66.8 Å². The molecule has 2 heterocycles. The highest BCUT2D eigenvalue weighted by molar-refractivity contribution is 6.06. The third-order valence-electron chi connectivity index (χ3n) is 5.02. The molecule has 0 aliphatic carbocycles. The van der Waals surface area contributed by atoms with Crippen LogP contribution in [-0.2, 0) is 17.6 Å². The lowest BCUT2D eigenvalue weighted by atomic mass is 10.1. The summed E-state index contributed by atoms with van der Waals surface area (Å²) in [6.45, 7) is 0.587. The molecule has 0 unspecified atom stereocenters. The molecule has 0 saturated carbocycles. The van der Waals surface area contributed by atoms with Gasteiger partial charge in [-0.3, -0.25) is 9.59 Å². The van der Waals surface area contributed by atoms with E-state index in [0.717, 1.165) is 23.2 Å². The molecule has 0 spiro atoms. The number of aryl methyl sites for hydroxylation is 1. The predicted molar refractivity (Wildman–Crippen MR) is 108 cm³/mol. The number of fused-ring (bicyclic) bond motifs is 1. The molecule has 1 aliphatic heterocycles. The molecule has 0 saturated heterocycles. The molecule has 4 rings (SSSR count). The molecule has 0 fully saturated rings. The van der Waals surface area contributed by atoms with Crippen molar-refractivity contribution in [2.45, 2.75) is 25.7 Å². The van der Waals surface area contributed by atoms with Gasteiger partial charge in [0, 0.05) is 24.3 Å². The minimum Gasteiger partial charge on any atom is -0.459 e. The Kier molecular flexibility index (Phi) is 5.42. The van der Waals surface area contributed by atoms with Gasteiger partial charge in [0.25, 0.3) is 5.91 Å². The highest BCUT2D eigenvalue weighted by atomic mass is 19.1. The van der Waals surface area contributed by atoms with Crippen LogP contribution in [0.3, 0.4) is 0 Å². The molecule has 1 aromatic heterocycles. The Morgan fingerprint density at radius 3 is 2.69 bits per heavy atom. The molecular weight excluding hydrogens is 371 g/mol. The van der Waals surface area contributed by atoms with Crippen LogP contribution in [-0.4, -0.2) is 18.4 Å². The summed E-state index contributed by atoms with van der Waals surface area (Å²) >= 11 is 0. The number of nitrogens with one attached hydrogen (secondary N) is 1. The summed E-state index contributed by atoms with van der Waals surface area (Å²) in [6.07, 6.45) is 4.00. The molecular formula is C23H21FN2O3. The number of benzene rings is 2. The van der Waals surface area contributed by atoms with Crippen molar-refractivity contribution in [3.8, 4) is 0 Å². The first kappa shape index (κ1) is 18.9. The fraction of sp³-hybridized carbons (Fsp3) is 0.217. The third kappa shape index (κ3) is 4.37. The van der Waals surface area contributed by atoms with E-state index in [2.05, 4.69) is 5.32 Å². The highest BCUT2D eigenvalue weighted by Crippen LogP contribution is 2.32. The molecule has 0 bridgehead atoms. The Hall–Kier alpha value is -3.41. The van der Waals surface area contributed by atoms with Crippen molar-refractivity contribution in [3.63, 3.8) is 0 Å². The third-order valence-corrected chi connectivity index (χ3v) is 5.02. The quantitative estimate of drug-likeness (QED) is 0.668. The lowest BCUT2D eigenvalue weighted by Gasteiger charge is -2.17. The fourth-order valence-corrected chi connectivity index (χ4v) is 3.53. The molecule has 29 heavy (non-hydrogen) atoms. The van der Waals surface area contributed by atoms with Gasteiger partial charge in [-0.1, -0.05) is 18.2 Å². The van der Waals surface area contributed by atoms with Crippen LogP contribution >= 0.6 is 0 Å². The van der Waals surface area contributed by atoms with E-state index in [4.69, 9.17) is 4.42 Å². The standard InChI is InChI=1S/C23H21FN2O3/c24-18-9-6-16(7-10-18)3-1-5-22(27)25-19-11-8-17-12-13-26(20(17)15-19)23(28)21-4-2-14-29-21/h2,4,6-11,14-15H,1,3,5,12-13H2,(H,25,27). The summed E-state index contributed by atoms with van der Waals surface area (Å²) < 4.78 is 18.2. The molecule has 0 atom stereocenters. The molecule has 5 nitrogen and oxygen atoms in total. The molecule has 148 valence electrons. The normalized spacial score (nSPS) is 12.7. The van der Waals surface area contributed by atoms with Crippen molar-refractivity contribution < 1.29 is 18.4 Å². The van der Waals surface area contributed by atoms with Crippen LogP contribution in [0, 0.1) is 5.82 Å². The number of carbonyl (C=O) groups excluding carboxylic acids is 2. The Balaban J connectivity index is 1.36. The summed E-state index contributed by atoms with van der Waals surface area (Å²) in [6, 6.07) is 15.3. The van der Waals surface area contributed by atoms with Gasteiger partial charge in [0.2, 0.25) is 5.91 Å². The van der Waals surface area contributed by atoms with Crippen molar-refractivity contribution >= 4 is 23.2 Å². The second kappa shape index (κ2) is 8.31. The maximum Gasteiger partial charge on any atom is 0.293 e. The van der Waals surface area contributed by atoms with Gasteiger partial charge in [-0.25, -0.2) is 4.39 Å². The molecule has 2 amide bonds. The fourth-order valence-electron chi connectivity index (χ4n) is 3.53. The van der Waals surface area contributed by atoms with Crippen LogP contribution in [0.15, 0.2) is 65.3 Å². The number of hydrogen-bond acceptors (Lipinski definition) is 3. The van der Waals surface area contributed by atoms with E-state index >= 15 is 0 Å². The molecule has 3 aromatic rings. The van der Waals surface area contributed by atoms with Crippen molar-refractivity contribution in [2.75, 3.05) is 16.8 Å². The van der Waals surface area contributed by atoms with E-state index in [1.54, 1.807) is 29.2 Å². The highest BCUT2D eigenvalue weighted by Gasteiger charge is 2.27. The van der Waals surface area contributed by atoms with Gasteiger partial charge in [0.05, 0.1) is 6.26 Å². The van der Waals surface area contributed by atoms with Crippen molar-refractivity contribution in [1.82, 2.24) is 0 Å². The summed E-state index contributed by atoms with van der Waals surface area (Å²) in [7, 11) is 0. The van der Waals surface area contributed by atoms with Crippen LogP contribution in [0.2, 0.25) is 0 Å². The zero-order valence-electron chi connectivity index (χ0n) is 15.9. The SMILES string of the molecule is O=C(CCCc1ccc(F)cc1)Nc1ccc2c(c1)N(C(=O)c1ccco1)CC2. The topological polar surface area (TPSA) is 62.6 Å². The lowest BCUT2D eigenvalue weighted by Crippen LogP contribution is -2.28. The van der Waals surface area contributed by atoms with E-state index in [1.165, 1.54) is 18.4 Å². The second-order valence-corrected chi connectivity index (χ2v) is 7.06. The monoisotopic (exact) mass is 392 g/mol. The number of rotatable bonds is 6. The number of nitrogens with zero attached hydrogens (tertiary/aromatic N) is 1. The lowest BCUT2D eigenvalue weighted by molar-refractivity contribution is -0.116. The van der Waals surface area contributed by atoms with Crippen LogP contribution in [0.5, 0.6) is 0 Å². The van der Waals surface area contributed by atoms with Crippen molar-refractivity contribution in [1.29, 1.82) is 0 Å². The first-order valence-corrected chi connectivity index (χ1v) is 9.63. The summed E-state index contributed by atoms with van der Waals surface area (Å²) in [4.78, 5) is 26.6. The van der Waals surface area contributed by atoms with E-state index in [0.29, 0.717) is 37.3 Å². The van der Waals surface area contributed by atoms with Gasteiger partial charge in [0.15, 0.2) is 5.76 Å². The van der Waals surface area contributed by atoms with Gasteiger partial charge in [-0.15, -0.1) is 0 Å². The average Bonchev–Trinajstić information content (AvgIpc) is 3.39. The summed E-state index contributed by atoms with van der Waals surface area (Å²) in [5.74, 6) is -0.235. The van der Waals surface area contributed by atoms with Crippen LogP contribution in [0.4, 0.5) is 15.8 Å². The molecule has 2 aromatic carbocycles. The van der Waals surface area contributed by atoms with Crippen LogP contribution in [0.1, 0.15) is 34.5 Å². The number of hydrogen-bond donors (Lipinski definition) is 1. The van der Waals surface area contributed by atoms with Crippen LogP contribution in [0.25, 0.3) is 0 Å². The maximum absolute atomic E-state index is 12.9. The zero-order chi connectivity index (χ0) is 20.2. The largest absolute Gasteiger partial charge is 0.459 e. The molecule has 0 radical (unpaired) electrons. The minimum atomic E-state index is -0.261. The Labute approximate surface area is 168 Å². The van der Waals surface area contributed by atoms with E-state index in [-0.39, 0.29) is 17.6 Å². The Bertz CT molecular complexity index is 1010. The molecule has 1 aliphatic rings. The van der Waals surface area contributed by atoms with Gasteiger partial charge < -0.3 is 14.6 Å². The summed E-state index contributed by atoms with van der Waals surface area (Å²) in [5.41, 5.74) is 3.54. The van der Waals surface area contributed by atoms with Gasteiger partial charge in [-0.2, -0.15) is 0 Å². The Morgan fingerprint density at radius 2 is 1.93 bits per heavy atom. The first-order chi connectivity index (χ1) is 14.1. The number of carbonyl (C=O) groups is 2. The van der Waals surface area contributed by atoms with E-state index < -0.39 is 0 Å². The summed E-state index contributed by atoms with van der Waals surface area (Å²) in [5, 5.41) is 2.90. The Morgan fingerprint density at radius 1 is 1.10 bits per heavy atom. The predicted octanol–water partition coefficient (Wildman–Crippen LogP) is 4.58. The van der Waals surface area contributed by atoms with E-state index in [1.807, 2.05) is 18.2 Å². The first-order valence-electron chi connectivity index (χ1n) is 9.63. The molecule has 1 N–H and O–H groups in total. The van der Waals surface area contributed by atoms with Gasteiger partial charge >= 0.3 is 0 Å². The number of anilines is 2. The minimum absolute atomic E-state index is 0.0889. The van der Waals surface area contributed by atoms with Crippen LogP contribution < -0.4 is 10.2 Å². The van der Waals surface area contributed by atoms with Gasteiger partial charge in [0.1, 0.15) is 5.82 Å². The second-order valence-electron chi connectivity index (χ2n) is 7.06. The van der Waals surface area contributed by atoms with Crippen molar-refractivity contribution in [2.24, 2.45) is 0 Å². The molecule has 6 heteroatoms. The maximum atomic E-state index is 12.9.